The van der Waals surface area contributed by atoms with Crippen molar-refractivity contribution in [2.45, 2.75) is 6.92 Å². The molecule has 3 rings (SSSR count). The minimum Gasteiger partial charge on any atom is -0.369 e. The lowest BCUT2D eigenvalue weighted by atomic mass is 10.1. The van der Waals surface area contributed by atoms with Crippen LogP contribution in [0.1, 0.15) is 5.56 Å². The summed E-state index contributed by atoms with van der Waals surface area (Å²) >= 11 is 1.23. The maximum atomic E-state index is 12.9. The molecule has 1 heterocycles. The molecule has 1 saturated heterocycles. The van der Waals surface area contributed by atoms with Crippen molar-refractivity contribution in [1.29, 1.82) is 0 Å². The Morgan fingerprint density at radius 1 is 0.933 bits per heavy atom. The van der Waals surface area contributed by atoms with Gasteiger partial charge in [0.05, 0.1) is 11.5 Å². The number of piperazine rings is 1. The summed E-state index contributed by atoms with van der Waals surface area (Å²) in [7, 11) is 2.13. The van der Waals surface area contributed by atoms with E-state index in [1.807, 2.05) is 12.1 Å². The van der Waals surface area contributed by atoms with Gasteiger partial charge in [-0.3, -0.25) is 9.59 Å². The Morgan fingerprint density at radius 3 is 2.10 bits per heavy atom. The van der Waals surface area contributed by atoms with Crippen LogP contribution >= 0.6 is 11.8 Å². The third kappa shape index (κ3) is 6.47. The number of halogens is 1. The molecule has 160 valence electrons. The lowest BCUT2D eigenvalue weighted by Crippen LogP contribution is -2.44. The number of rotatable bonds is 7. The van der Waals surface area contributed by atoms with E-state index >= 15 is 0 Å². The number of carbonyl (C=O) groups excluding carboxylic acids is 2. The van der Waals surface area contributed by atoms with Crippen LogP contribution in [-0.4, -0.2) is 61.4 Å². The first-order chi connectivity index (χ1) is 14.4. The van der Waals surface area contributed by atoms with Gasteiger partial charge in [0.15, 0.2) is 0 Å². The van der Waals surface area contributed by atoms with E-state index in [0.717, 1.165) is 37.4 Å². The summed E-state index contributed by atoms with van der Waals surface area (Å²) in [5, 5.41) is 5.56. The standard InChI is InChI=1S/C22H27FN4O2S/c1-16-13-19(7-8-20(16)27-11-9-26(2)10-12-27)25-22(29)15-30-14-21(28)24-18-5-3-17(23)4-6-18/h3-8,13H,9-12,14-15H2,1-2H3,(H,24,28)(H,25,29). The number of nitrogens with one attached hydrogen (secondary N) is 2. The first-order valence-electron chi connectivity index (χ1n) is 9.88. The summed E-state index contributed by atoms with van der Waals surface area (Å²) in [6, 6.07) is 11.5. The van der Waals surface area contributed by atoms with Gasteiger partial charge in [0.25, 0.3) is 0 Å². The molecule has 0 bridgehead atoms. The highest BCUT2D eigenvalue weighted by Crippen LogP contribution is 2.24. The zero-order valence-corrected chi connectivity index (χ0v) is 18.1. The lowest BCUT2D eigenvalue weighted by Gasteiger charge is -2.35. The van der Waals surface area contributed by atoms with Crippen molar-refractivity contribution in [2.24, 2.45) is 0 Å². The summed E-state index contributed by atoms with van der Waals surface area (Å²) in [6.07, 6.45) is 0. The highest BCUT2D eigenvalue weighted by atomic mass is 32.2. The highest BCUT2D eigenvalue weighted by molar-refractivity contribution is 8.00. The second-order valence-electron chi connectivity index (χ2n) is 7.39. The number of likely N-dealkylation sites (N-methyl/N-ethyl adjacent to an activating group) is 1. The molecular formula is C22H27FN4O2S. The Labute approximate surface area is 180 Å². The Bertz CT molecular complexity index is 883. The van der Waals surface area contributed by atoms with Crippen molar-refractivity contribution in [3.63, 3.8) is 0 Å². The van der Waals surface area contributed by atoms with E-state index in [1.54, 1.807) is 0 Å². The fourth-order valence-electron chi connectivity index (χ4n) is 3.30. The molecule has 2 aromatic rings. The van der Waals surface area contributed by atoms with E-state index in [2.05, 4.69) is 40.5 Å². The molecule has 0 saturated carbocycles. The summed E-state index contributed by atoms with van der Waals surface area (Å²) in [4.78, 5) is 28.8. The zero-order valence-electron chi connectivity index (χ0n) is 17.3. The molecule has 2 N–H and O–H groups in total. The molecule has 1 aliphatic rings. The van der Waals surface area contributed by atoms with Crippen molar-refractivity contribution in [1.82, 2.24) is 4.90 Å². The third-order valence-corrected chi connectivity index (χ3v) is 5.85. The van der Waals surface area contributed by atoms with Gasteiger partial charge in [0.1, 0.15) is 5.82 Å². The molecule has 1 fully saturated rings. The molecule has 30 heavy (non-hydrogen) atoms. The summed E-state index contributed by atoms with van der Waals surface area (Å²) in [5.74, 6) is -0.415. The van der Waals surface area contributed by atoms with Crippen molar-refractivity contribution < 1.29 is 14.0 Å². The van der Waals surface area contributed by atoms with Gasteiger partial charge in [-0.1, -0.05) is 0 Å². The predicted molar refractivity (Wildman–Crippen MR) is 122 cm³/mol. The minimum atomic E-state index is -0.356. The zero-order chi connectivity index (χ0) is 21.5. The van der Waals surface area contributed by atoms with Crippen LogP contribution in [0.2, 0.25) is 0 Å². The SMILES string of the molecule is Cc1cc(NC(=O)CSCC(=O)Nc2ccc(F)cc2)ccc1N1CCN(C)CC1. The van der Waals surface area contributed by atoms with Gasteiger partial charge in [-0.05, 0) is 62.0 Å². The smallest absolute Gasteiger partial charge is 0.234 e. The molecule has 2 aromatic carbocycles. The number of hydrogen-bond donors (Lipinski definition) is 2. The molecule has 0 atom stereocenters. The summed E-state index contributed by atoms with van der Waals surface area (Å²) in [5.41, 5.74) is 3.62. The average molecular weight is 431 g/mol. The molecule has 0 aromatic heterocycles. The van der Waals surface area contributed by atoms with Crippen LogP contribution in [0, 0.1) is 12.7 Å². The molecular weight excluding hydrogens is 403 g/mol. The summed E-state index contributed by atoms with van der Waals surface area (Å²) < 4.78 is 12.9. The number of carbonyl (C=O) groups is 2. The quantitative estimate of drug-likeness (QED) is 0.706. The first kappa shape index (κ1) is 22.1. The van der Waals surface area contributed by atoms with E-state index < -0.39 is 0 Å². The van der Waals surface area contributed by atoms with Crippen LogP contribution in [0.25, 0.3) is 0 Å². The fourth-order valence-corrected chi connectivity index (χ4v) is 3.92. The van der Waals surface area contributed by atoms with E-state index in [0.29, 0.717) is 5.69 Å². The van der Waals surface area contributed by atoms with E-state index in [4.69, 9.17) is 0 Å². The van der Waals surface area contributed by atoms with E-state index in [1.165, 1.54) is 41.7 Å². The average Bonchev–Trinajstić information content (AvgIpc) is 2.71. The molecule has 0 aliphatic carbocycles. The van der Waals surface area contributed by atoms with Crippen LogP contribution in [0.4, 0.5) is 21.5 Å². The monoisotopic (exact) mass is 430 g/mol. The number of hydrogen-bond acceptors (Lipinski definition) is 5. The van der Waals surface area contributed by atoms with Crippen LogP contribution in [0.5, 0.6) is 0 Å². The normalized spacial score (nSPS) is 14.4. The minimum absolute atomic E-state index is 0.145. The van der Waals surface area contributed by atoms with Crippen LogP contribution < -0.4 is 15.5 Å². The maximum absolute atomic E-state index is 12.9. The van der Waals surface area contributed by atoms with Crippen molar-refractivity contribution in [2.75, 3.05) is 60.3 Å². The molecule has 2 amide bonds. The Kier molecular flexibility index (Phi) is 7.70. The van der Waals surface area contributed by atoms with E-state index in [9.17, 15) is 14.0 Å². The molecule has 8 heteroatoms. The van der Waals surface area contributed by atoms with Gasteiger partial charge in [-0.2, -0.15) is 0 Å². The van der Waals surface area contributed by atoms with Gasteiger partial charge in [-0.25, -0.2) is 4.39 Å². The maximum Gasteiger partial charge on any atom is 0.234 e. The number of benzene rings is 2. The summed E-state index contributed by atoms with van der Waals surface area (Å²) in [6.45, 7) is 6.14. The first-order valence-corrected chi connectivity index (χ1v) is 11.0. The van der Waals surface area contributed by atoms with Gasteiger partial charge in [0, 0.05) is 43.2 Å². The van der Waals surface area contributed by atoms with Crippen LogP contribution in [-0.2, 0) is 9.59 Å². The molecule has 0 radical (unpaired) electrons. The number of amides is 2. The second-order valence-corrected chi connectivity index (χ2v) is 8.37. The molecule has 1 aliphatic heterocycles. The number of thioether (sulfide) groups is 1. The largest absolute Gasteiger partial charge is 0.369 e. The molecule has 6 nitrogen and oxygen atoms in total. The second kappa shape index (κ2) is 10.4. The fraction of sp³-hybridized carbons (Fsp3) is 0.364. The van der Waals surface area contributed by atoms with Crippen LogP contribution in [0.15, 0.2) is 42.5 Å². The number of anilines is 3. The van der Waals surface area contributed by atoms with E-state index in [-0.39, 0.29) is 29.1 Å². The van der Waals surface area contributed by atoms with Crippen molar-refractivity contribution in [3.8, 4) is 0 Å². The third-order valence-electron chi connectivity index (χ3n) is 4.92. The number of aryl methyl sites for hydroxylation is 1. The molecule has 0 unspecified atom stereocenters. The number of nitrogens with zero attached hydrogens (tertiary/aromatic N) is 2. The molecule has 0 spiro atoms. The van der Waals surface area contributed by atoms with Crippen molar-refractivity contribution in [3.05, 3.63) is 53.8 Å². The lowest BCUT2D eigenvalue weighted by molar-refractivity contribution is -0.114. The Balaban J connectivity index is 1.42. The van der Waals surface area contributed by atoms with Gasteiger partial charge >= 0.3 is 0 Å². The van der Waals surface area contributed by atoms with Gasteiger partial charge < -0.3 is 20.4 Å². The van der Waals surface area contributed by atoms with Gasteiger partial charge in [0.2, 0.25) is 11.8 Å². The van der Waals surface area contributed by atoms with Crippen molar-refractivity contribution >= 4 is 40.6 Å². The van der Waals surface area contributed by atoms with Crippen LogP contribution in [0.3, 0.4) is 0 Å². The predicted octanol–water partition coefficient (Wildman–Crippen LogP) is 3.20. The topological polar surface area (TPSA) is 64.7 Å². The Hall–Kier alpha value is -2.58. The van der Waals surface area contributed by atoms with Gasteiger partial charge in [-0.15, -0.1) is 11.8 Å². The Morgan fingerprint density at radius 2 is 1.50 bits per heavy atom. The highest BCUT2D eigenvalue weighted by Gasteiger charge is 2.16.